The van der Waals surface area contributed by atoms with Gasteiger partial charge in [0.05, 0.1) is 5.69 Å². The molecule has 0 N–H and O–H groups in total. The molecule has 1 rings (SSSR count). The molecule has 0 amide bonds. The molecule has 0 aromatic carbocycles. The molecule has 0 aliphatic rings. The second-order valence-corrected chi connectivity index (χ2v) is 6.42. The van der Waals surface area contributed by atoms with Gasteiger partial charge in [0.1, 0.15) is 0 Å². The highest BCUT2D eigenvalue weighted by Crippen LogP contribution is 2.29. The number of rotatable bonds is 4. The van der Waals surface area contributed by atoms with Crippen molar-refractivity contribution in [1.82, 2.24) is 9.78 Å². The van der Waals surface area contributed by atoms with Crippen molar-refractivity contribution in [3.05, 3.63) is 17.0 Å². The highest BCUT2D eigenvalue weighted by Gasteiger charge is 2.24. The van der Waals surface area contributed by atoms with Crippen LogP contribution in [0.5, 0.6) is 0 Å². The molecule has 1 aromatic heterocycles. The molecular formula is C15H28N2. The molecule has 0 fully saturated rings. The van der Waals surface area contributed by atoms with Gasteiger partial charge in [-0.25, -0.2) is 0 Å². The quantitative estimate of drug-likeness (QED) is 0.769. The zero-order valence-electron chi connectivity index (χ0n) is 12.6. The number of nitrogens with zero attached hydrogens (tertiary/aromatic N) is 2. The smallest absolute Gasteiger partial charge is 0.0661 e. The van der Waals surface area contributed by atoms with Crippen LogP contribution in [-0.4, -0.2) is 9.78 Å². The van der Waals surface area contributed by atoms with Crippen molar-refractivity contribution in [3.63, 3.8) is 0 Å². The van der Waals surface area contributed by atoms with E-state index in [0.717, 1.165) is 18.9 Å². The first-order valence-electron chi connectivity index (χ1n) is 6.84. The average Bonchev–Trinajstić information content (AvgIpc) is 2.51. The Morgan fingerprint density at radius 1 is 1.24 bits per heavy atom. The Labute approximate surface area is 106 Å². The Morgan fingerprint density at radius 3 is 2.18 bits per heavy atom. The van der Waals surface area contributed by atoms with Gasteiger partial charge in [0, 0.05) is 17.8 Å². The highest BCUT2D eigenvalue weighted by atomic mass is 15.3. The van der Waals surface area contributed by atoms with E-state index in [2.05, 4.69) is 53.1 Å². The number of aryl methyl sites for hydroxylation is 2. The fourth-order valence-electron chi connectivity index (χ4n) is 2.43. The lowest BCUT2D eigenvalue weighted by Gasteiger charge is -2.20. The van der Waals surface area contributed by atoms with Crippen molar-refractivity contribution in [2.45, 2.75) is 73.3 Å². The van der Waals surface area contributed by atoms with Gasteiger partial charge in [-0.05, 0) is 31.1 Å². The second-order valence-electron chi connectivity index (χ2n) is 6.42. The van der Waals surface area contributed by atoms with E-state index in [9.17, 15) is 0 Å². The zero-order valence-corrected chi connectivity index (χ0v) is 12.6. The maximum absolute atomic E-state index is 4.78. The van der Waals surface area contributed by atoms with Gasteiger partial charge in [0.2, 0.25) is 0 Å². The van der Waals surface area contributed by atoms with Gasteiger partial charge in [0.25, 0.3) is 0 Å². The first-order valence-corrected chi connectivity index (χ1v) is 6.84. The van der Waals surface area contributed by atoms with Crippen LogP contribution in [0.25, 0.3) is 0 Å². The normalized spacial score (nSPS) is 12.5. The highest BCUT2D eigenvalue weighted by molar-refractivity contribution is 5.32. The van der Waals surface area contributed by atoms with E-state index in [1.54, 1.807) is 0 Å². The summed E-state index contributed by atoms with van der Waals surface area (Å²) in [6, 6.07) is 0. The molecule has 0 radical (unpaired) electrons. The standard InChI is InChI=1S/C15H28N2/c1-8-13-14(15(5,6)7)12(4)17(16-13)10-9-11(2)3/h11H,8-10H2,1-7H3. The van der Waals surface area contributed by atoms with E-state index >= 15 is 0 Å². The summed E-state index contributed by atoms with van der Waals surface area (Å²) in [7, 11) is 0. The minimum Gasteiger partial charge on any atom is -0.269 e. The van der Waals surface area contributed by atoms with Gasteiger partial charge in [0.15, 0.2) is 0 Å². The molecule has 0 aliphatic heterocycles. The van der Waals surface area contributed by atoms with Crippen molar-refractivity contribution in [2.24, 2.45) is 5.92 Å². The van der Waals surface area contributed by atoms with Crippen molar-refractivity contribution in [1.29, 1.82) is 0 Å². The van der Waals surface area contributed by atoms with Gasteiger partial charge in [-0.2, -0.15) is 5.10 Å². The van der Waals surface area contributed by atoms with Gasteiger partial charge >= 0.3 is 0 Å². The van der Waals surface area contributed by atoms with Crippen LogP contribution in [0.15, 0.2) is 0 Å². The van der Waals surface area contributed by atoms with Crippen LogP contribution in [0.1, 0.15) is 64.9 Å². The first-order chi connectivity index (χ1) is 7.77. The number of aromatic nitrogens is 2. The van der Waals surface area contributed by atoms with Gasteiger partial charge < -0.3 is 0 Å². The van der Waals surface area contributed by atoms with Crippen LogP contribution >= 0.6 is 0 Å². The van der Waals surface area contributed by atoms with Gasteiger partial charge in [-0.1, -0.05) is 41.5 Å². The molecule has 1 heterocycles. The van der Waals surface area contributed by atoms with E-state index in [1.165, 1.54) is 23.4 Å². The molecule has 0 atom stereocenters. The van der Waals surface area contributed by atoms with Crippen LogP contribution in [0, 0.1) is 12.8 Å². The molecule has 1 aromatic rings. The minimum absolute atomic E-state index is 0.200. The number of hydrogen-bond donors (Lipinski definition) is 0. The Balaban J connectivity index is 3.06. The maximum Gasteiger partial charge on any atom is 0.0661 e. The van der Waals surface area contributed by atoms with Crippen molar-refractivity contribution < 1.29 is 0 Å². The maximum atomic E-state index is 4.78. The molecular weight excluding hydrogens is 208 g/mol. The van der Waals surface area contributed by atoms with Crippen molar-refractivity contribution in [3.8, 4) is 0 Å². The SMILES string of the molecule is CCc1nn(CCC(C)C)c(C)c1C(C)(C)C. The molecule has 0 saturated heterocycles. The zero-order chi connectivity index (χ0) is 13.2. The van der Waals surface area contributed by atoms with Gasteiger partial charge in [-0.15, -0.1) is 0 Å². The molecule has 0 unspecified atom stereocenters. The van der Waals surface area contributed by atoms with Crippen LogP contribution in [0.3, 0.4) is 0 Å². The van der Waals surface area contributed by atoms with E-state index < -0.39 is 0 Å². The van der Waals surface area contributed by atoms with Crippen molar-refractivity contribution in [2.75, 3.05) is 0 Å². The Kier molecular flexibility index (Phi) is 4.40. The summed E-state index contributed by atoms with van der Waals surface area (Å²) in [4.78, 5) is 0. The Morgan fingerprint density at radius 2 is 1.82 bits per heavy atom. The lowest BCUT2D eigenvalue weighted by molar-refractivity contribution is 0.476. The minimum atomic E-state index is 0.200. The van der Waals surface area contributed by atoms with E-state index in [1.807, 2.05) is 0 Å². The van der Waals surface area contributed by atoms with E-state index in [4.69, 9.17) is 5.10 Å². The third kappa shape index (κ3) is 3.34. The van der Waals surface area contributed by atoms with Gasteiger partial charge in [-0.3, -0.25) is 4.68 Å². The van der Waals surface area contributed by atoms with Crippen LogP contribution in [0.2, 0.25) is 0 Å². The monoisotopic (exact) mass is 236 g/mol. The summed E-state index contributed by atoms with van der Waals surface area (Å²) in [5.41, 5.74) is 4.28. The molecule has 0 spiro atoms. The van der Waals surface area contributed by atoms with Crippen LogP contribution < -0.4 is 0 Å². The predicted octanol–water partition coefficient (Wildman–Crippen LogP) is 4.10. The largest absolute Gasteiger partial charge is 0.269 e. The molecule has 0 bridgehead atoms. The lowest BCUT2D eigenvalue weighted by atomic mass is 9.85. The summed E-state index contributed by atoms with van der Waals surface area (Å²) in [6.45, 7) is 16.8. The summed E-state index contributed by atoms with van der Waals surface area (Å²) in [5.74, 6) is 0.738. The summed E-state index contributed by atoms with van der Waals surface area (Å²) >= 11 is 0. The summed E-state index contributed by atoms with van der Waals surface area (Å²) < 4.78 is 2.21. The molecule has 0 aliphatic carbocycles. The summed E-state index contributed by atoms with van der Waals surface area (Å²) in [6.07, 6.45) is 2.23. The van der Waals surface area contributed by atoms with Crippen LogP contribution in [0.4, 0.5) is 0 Å². The topological polar surface area (TPSA) is 17.8 Å². The predicted molar refractivity (Wildman–Crippen MR) is 74.5 cm³/mol. The van der Waals surface area contributed by atoms with Crippen LogP contribution in [-0.2, 0) is 18.4 Å². The van der Waals surface area contributed by atoms with E-state index in [0.29, 0.717) is 0 Å². The average molecular weight is 236 g/mol. The lowest BCUT2D eigenvalue weighted by Crippen LogP contribution is -2.15. The Bertz CT molecular complexity index is 367. The molecule has 17 heavy (non-hydrogen) atoms. The molecule has 0 saturated carbocycles. The molecule has 98 valence electrons. The third-order valence-corrected chi connectivity index (χ3v) is 3.28. The van der Waals surface area contributed by atoms with E-state index in [-0.39, 0.29) is 5.41 Å². The second kappa shape index (κ2) is 5.24. The summed E-state index contributed by atoms with van der Waals surface area (Å²) in [5, 5.41) is 4.78. The molecule has 2 heteroatoms. The van der Waals surface area contributed by atoms with Crippen molar-refractivity contribution >= 4 is 0 Å². The third-order valence-electron chi connectivity index (χ3n) is 3.28. The Hall–Kier alpha value is -0.790. The first kappa shape index (κ1) is 14.3. The number of hydrogen-bond acceptors (Lipinski definition) is 1. The molecule has 2 nitrogen and oxygen atoms in total. The fourth-order valence-corrected chi connectivity index (χ4v) is 2.43. The fraction of sp³-hybridized carbons (Fsp3) is 0.800.